The van der Waals surface area contributed by atoms with Gasteiger partial charge in [0.05, 0.1) is 6.61 Å². The molecule has 0 spiro atoms. The number of benzene rings is 1. The predicted octanol–water partition coefficient (Wildman–Crippen LogP) is 1.85. The number of rotatable bonds is 3. The van der Waals surface area contributed by atoms with Crippen LogP contribution in [0.4, 0.5) is 10.1 Å². The molecule has 1 fully saturated rings. The summed E-state index contributed by atoms with van der Waals surface area (Å²) in [5.74, 6) is -0.318. The molecule has 1 unspecified atom stereocenters. The monoisotopic (exact) mass is 252 g/mol. The van der Waals surface area contributed by atoms with Crippen LogP contribution in [0.3, 0.4) is 0 Å². The minimum Gasteiger partial charge on any atom is -0.391 e. The van der Waals surface area contributed by atoms with Crippen LogP contribution >= 0.6 is 0 Å². The summed E-state index contributed by atoms with van der Waals surface area (Å²) in [4.78, 5) is 4.53. The number of aliphatic hydroxyl groups excluding tert-OH is 1. The van der Waals surface area contributed by atoms with Crippen molar-refractivity contribution in [3.63, 3.8) is 0 Å². The van der Waals surface area contributed by atoms with E-state index in [1.807, 2.05) is 6.07 Å². The molecule has 18 heavy (non-hydrogen) atoms. The van der Waals surface area contributed by atoms with Gasteiger partial charge in [-0.3, -0.25) is 4.90 Å². The van der Waals surface area contributed by atoms with Gasteiger partial charge in [0.2, 0.25) is 0 Å². The minimum absolute atomic E-state index is 0.245. The third kappa shape index (κ3) is 2.49. The van der Waals surface area contributed by atoms with Crippen molar-refractivity contribution in [3.05, 3.63) is 29.6 Å². The van der Waals surface area contributed by atoms with Crippen molar-refractivity contribution in [3.8, 4) is 0 Å². The number of aliphatic hydroxyl groups is 1. The van der Waals surface area contributed by atoms with Crippen molar-refractivity contribution < 1.29 is 9.50 Å². The number of hydrogen-bond donors (Lipinski definition) is 1. The Kier molecular flexibility index (Phi) is 4.19. The van der Waals surface area contributed by atoms with Crippen LogP contribution in [-0.2, 0) is 6.61 Å². The third-order valence-corrected chi connectivity index (χ3v) is 3.84. The summed E-state index contributed by atoms with van der Waals surface area (Å²) in [5.41, 5.74) is 1.25. The van der Waals surface area contributed by atoms with Crippen LogP contribution in [0.1, 0.15) is 18.9 Å². The normalized spacial score (nSPS) is 21.3. The van der Waals surface area contributed by atoms with Crippen LogP contribution < -0.4 is 4.90 Å². The van der Waals surface area contributed by atoms with Gasteiger partial charge in [0.1, 0.15) is 5.82 Å². The number of anilines is 1. The highest BCUT2D eigenvalue weighted by molar-refractivity contribution is 5.54. The molecule has 4 heteroatoms. The maximum atomic E-state index is 13.7. The van der Waals surface area contributed by atoms with E-state index in [2.05, 4.69) is 23.8 Å². The van der Waals surface area contributed by atoms with Gasteiger partial charge in [0, 0.05) is 36.9 Å². The van der Waals surface area contributed by atoms with E-state index in [9.17, 15) is 9.50 Å². The van der Waals surface area contributed by atoms with E-state index >= 15 is 0 Å². The van der Waals surface area contributed by atoms with E-state index in [0.29, 0.717) is 11.6 Å². The number of likely N-dealkylation sites (N-methyl/N-ethyl adjacent to an activating group) is 1. The van der Waals surface area contributed by atoms with E-state index in [4.69, 9.17) is 0 Å². The molecule has 3 nitrogen and oxygen atoms in total. The Labute approximate surface area is 108 Å². The molecular weight excluding hydrogens is 231 g/mol. The van der Waals surface area contributed by atoms with Crippen LogP contribution in [0.2, 0.25) is 0 Å². The molecule has 0 saturated carbocycles. The molecule has 0 amide bonds. The van der Waals surface area contributed by atoms with Gasteiger partial charge in [-0.2, -0.15) is 0 Å². The predicted molar refractivity (Wildman–Crippen MR) is 71.2 cm³/mol. The quantitative estimate of drug-likeness (QED) is 0.889. The number of nitrogens with zero attached hydrogens (tertiary/aromatic N) is 2. The van der Waals surface area contributed by atoms with E-state index in [1.165, 1.54) is 6.07 Å². The molecule has 0 aliphatic carbocycles. The summed E-state index contributed by atoms with van der Waals surface area (Å²) in [6.45, 7) is 4.67. The summed E-state index contributed by atoms with van der Waals surface area (Å²) in [6.07, 6.45) is 1.08. The Hall–Kier alpha value is -1.13. The molecule has 1 aromatic rings. The van der Waals surface area contributed by atoms with Crippen LogP contribution in [0.5, 0.6) is 0 Å². The third-order valence-electron chi connectivity index (χ3n) is 3.84. The highest BCUT2D eigenvalue weighted by Gasteiger charge is 2.24. The highest BCUT2D eigenvalue weighted by atomic mass is 19.1. The molecule has 1 atom stereocenters. The van der Waals surface area contributed by atoms with E-state index in [-0.39, 0.29) is 12.4 Å². The maximum Gasteiger partial charge on any atom is 0.130 e. The van der Waals surface area contributed by atoms with E-state index in [1.54, 1.807) is 6.07 Å². The van der Waals surface area contributed by atoms with Gasteiger partial charge < -0.3 is 10.0 Å². The smallest absolute Gasteiger partial charge is 0.130 e. The fourth-order valence-corrected chi connectivity index (χ4v) is 2.61. The van der Waals surface area contributed by atoms with Crippen LogP contribution in [0, 0.1) is 5.82 Å². The summed E-state index contributed by atoms with van der Waals surface area (Å²) < 4.78 is 13.7. The van der Waals surface area contributed by atoms with E-state index < -0.39 is 0 Å². The summed E-state index contributed by atoms with van der Waals surface area (Å²) in [6, 6.07) is 5.51. The Bertz CT molecular complexity index is 411. The summed E-state index contributed by atoms with van der Waals surface area (Å²) >= 11 is 0. The Balaban J connectivity index is 2.24. The average Bonchev–Trinajstić information content (AvgIpc) is 2.39. The zero-order chi connectivity index (χ0) is 13.1. The Morgan fingerprint density at radius 2 is 2.17 bits per heavy atom. The SMILES string of the molecule is CCC1CN(c2cccc(F)c2CO)CCN1C. The van der Waals surface area contributed by atoms with Crippen LogP contribution in [0.15, 0.2) is 18.2 Å². The molecule has 0 radical (unpaired) electrons. The second kappa shape index (κ2) is 5.67. The van der Waals surface area contributed by atoms with Crippen molar-refractivity contribution in [2.24, 2.45) is 0 Å². The molecule has 0 bridgehead atoms. The lowest BCUT2D eigenvalue weighted by molar-refractivity contribution is 0.212. The summed E-state index contributed by atoms with van der Waals surface area (Å²) in [7, 11) is 2.13. The molecule has 1 saturated heterocycles. The first-order chi connectivity index (χ1) is 8.67. The fourth-order valence-electron chi connectivity index (χ4n) is 2.61. The van der Waals surface area contributed by atoms with Gasteiger partial charge in [-0.05, 0) is 25.6 Å². The van der Waals surface area contributed by atoms with Gasteiger partial charge in [-0.25, -0.2) is 4.39 Å². The standard InChI is InChI=1S/C14H21FN2O/c1-3-11-9-17(8-7-16(11)2)14-6-4-5-13(15)12(14)10-18/h4-6,11,18H,3,7-10H2,1-2H3. The molecule has 100 valence electrons. The molecule has 1 N–H and O–H groups in total. The zero-order valence-electron chi connectivity index (χ0n) is 11.1. The lowest BCUT2D eigenvalue weighted by Crippen LogP contribution is -2.51. The van der Waals surface area contributed by atoms with Gasteiger partial charge >= 0.3 is 0 Å². The van der Waals surface area contributed by atoms with Crippen LogP contribution in [0.25, 0.3) is 0 Å². The van der Waals surface area contributed by atoms with Gasteiger partial charge in [0.25, 0.3) is 0 Å². The first-order valence-corrected chi connectivity index (χ1v) is 6.50. The molecule has 1 heterocycles. The molecular formula is C14H21FN2O. The number of halogens is 1. The first kappa shape index (κ1) is 13.3. The molecule has 1 aliphatic heterocycles. The van der Waals surface area contributed by atoms with Crippen molar-refractivity contribution in [2.45, 2.75) is 26.0 Å². The number of piperazine rings is 1. The zero-order valence-corrected chi connectivity index (χ0v) is 11.1. The Morgan fingerprint density at radius 1 is 1.39 bits per heavy atom. The minimum atomic E-state index is -0.318. The maximum absolute atomic E-state index is 13.7. The second-order valence-corrected chi connectivity index (χ2v) is 4.88. The van der Waals surface area contributed by atoms with E-state index in [0.717, 1.165) is 31.7 Å². The molecule has 1 aliphatic rings. The number of hydrogen-bond acceptors (Lipinski definition) is 3. The second-order valence-electron chi connectivity index (χ2n) is 4.88. The molecule has 2 rings (SSSR count). The molecule has 0 aromatic heterocycles. The summed E-state index contributed by atoms with van der Waals surface area (Å²) in [5, 5.41) is 9.33. The van der Waals surface area contributed by atoms with Gasteiger partial charge in [0.15, 0.2) is 0 Å². The molecule has 1 aromatic carbocycles. The largest absolute Gasteiger partial charge is 0.391 e. The first-order valence-electron chi connectivity index (χ1n) is 6.50. The topological polar surface area (TPSA) is 26.7 Å². The van der Waals surface area contributed by atoms with Crippen molar-refractivity contribution in [1.82, 2.24) is 4.90 Å². The van der Waals surface area contributed by atoms with Gasteiger partial charge in [-0.1, -0.05) is 13.0 Å². The van der Waals surface area contributed by atoms with Crippen molar-refractivity contribution in [1.29, 1.82) is 0 Å². The van der Waals surface area contributed by atoms with Gasteiger partial charge in [-0.15, -0.1) is 0 Å². The van der Waals surface area contributed by atoms with Crippen molar-refractivity contribution >= 4 is 5.69 Å². The highest BCUT2D eigenvalue weighted by Crippen LogP contribution is 2.26. The van der Waals surface area contributed by atoms with Crippen LogP contribution in [-0.4, -0.2) is 42.7 Å². The fraction of sp³-hybridized carbons (Fsp3) is 0.571. The lowest BCUT2D eigenvalue weighted by Gasteiger charge is -2.41. The van der Waals surface area contributed by atoms with Crippen molar-refractivity contribution in [2.75, 3.05) is 31.6 Å². The average molecular weight is 252 g/mol. The Morgan fingerprint density at radius 3 is 2.83 bits per heavy atom. The lowest BCUT2D eigenvalue weighted by atomic mass is 10.1.